The number of piperidine rings is 2. The fraction of sp³-hybridized carbons (Fsp3) is 0.500. The molecule has 1 aromatic carbocycles. The van der Waals surface area contributed by atoms with Crippen molar-refractivity contribution in [1.29, 1.82) is 0 Å². The molecule has 1 atom stereocenters. The summed E-state index contributed by atoms with van der Waals surface area (Å²) in [5, 5.41) is 11.5. The third-order valence-electron chi connectivity index (χ3n) is 5.58. The van der Waals surface area contributed by atoms with Crippen LogP contribution in [-0.4, -0.2) is 59.9 Å². The van der Waals surface area contributed by atoms with E-state index in [1.54, 1.807) is 13.0 Å². The van der Waals surface area contributed by atoms with E-state index in [4.69, 9.17) is 0 Å². The zero-order chi connectivity index (χ0) is 20.3. The van der Waals surface area contributed by atoms with Gasteiger partial charge < -0.3 is 10.0 Å². The van der Waals surface area contributed by atoms with Gasteiger partial charge in [0.15, 0.2) is 0 Å². The zero-order valence-electron chi connectivity index (χ0n) is 15.9. The number of imide groups is 2. The van der Waals surface area contributed by atoms with Gasteiger partial charge in [-0.15, -0.1) is 0 Å². The average Bonchev–Trinajstić information content (AvgIpc) is 2.70. The Balaban J connectivity index is 1.81. The summed E-state index contributed by atoms with van der Waals surface area (Å²) in [6.45, 7) is 3.53. The van der Waals surface area contributed by atoms with Gasteiger partial charge in [-0.1, -0.05) is 6.07 Å². The summed E-state index contributed by atoms with van der Waals surface area (Å²) < 4.78 is 0. The Morgan fingerprint density at radius 3 is 2.61 bits per heavy atom. The molecule has 2 fully saturated rings. The molecule has 0 aromatic heterocycles. The molecule has 150 valence electrons. The number of anilines is 1. The molecule has 2 aliphatic heterocycles. The van der Waals surface area contributed by atoms with E-state index >= 15 is 0 Å². The molecule has 2 N–H and O–H groups in total. The second-order valence-electron chi connectivity index (χ2n) is 7.40. The second-order valence-corrected chi connectivity index (χ2v) is 7.40. The van der Waals surface area contributed by atoms with E-state index in [1.807, 2.05) is 12.1 Å². The van der Waals surface area contributed by atoms with E-state index in [-0.39, 0.29) is 19.4 Å². The molecular weight excluding hydrogens is 362 g/mol. The van der Waals surface area contributed by atoms with Gasteiger partial charge in [0.25, 0.3) is 5.91 Å². The van der Waals surface area contributed by atoms with E-state index in [9.17, 15) is 24.3 Å². The number of carbonyl (C=O) groups is 4. The van der Waals surface area contributed by atoms with Crippen LogP contribution in [0.2, 0.25) is 0 Å². The average molecular weight is 387 g/mol. The molecule has 8 heteroatoms. The highest BCUT2D eigenvalue weighted by Crippen LogP contribution is 2.26. The van der Waals surface area contributed by atoms with Crippen LogP contribution in [0.4, 0.5) is 5.69 Å². The molecular formula is C20H25N3O5. The van der Waals surface area contributed by atoms with Gasteiger partial charge >= 0.3 is 0 Å². The maximum Gasteiger partial charge on any atom is 0.261 e. The quantitative estimate of drug-likeness (QED) is 0.566. The SMILES string of the molecule is Cc1ccc(N2CCC(CO)CC2)cc1C(=O)N(C=O)C1CCC(=O)NC1=O. The predicted molar refractivity (Wildman–Crippen MR) is 102 cm³/mol. The maximum atomic E-state index is 13.0. The number of aryl methyl sites for hydroxylation is 1. The Kier molecular flexibility index (Phi) is 6.08. The summed E-state index contributed by atoms with van der Waals surface area (Å²) in [6, 6.07) is 4.53. The molecule has 28 heavy (non-hydrogen) atoms. The third-order valence-corrected chi connectivity index (χ3v) is 5.58. The van der Waals surface area contributed by atoms with Crippen LogP contribution in [0.1, 0.15) is 41.6 Å². The summed E-state index contributed by atoms with van der Waals surface area (Å²) in [7, 11) is 0. The molecule has 1 unspecified atom stereocenters. The third kappa shape index (κ3) is 4.06. The topological polar surface area (TPSA) is 107 Å². The van der Waals surface area contributed by atoms with Gasteiger partial charge in [-0.2, -0.15) is 0 Å². The standard InChI is InChI=1S/C20H25N3O5/c1-13-2-3-15(22-8-6-14(11-24)7-9-22)10-16(13)20(28)23(12-25)17-4-5-18(26)21-19(17)27/h2-3,10,12,14,17,24H,4-9,11H2,1H3,(H,21,26,27). The molecule has 0 aliphatic carbocycles. The molecule has 2 heterocycles. The highest BCUT2D eigenvalue weighted by molar-refractivity contribution is 6.07. The van der Waals surface area contributed by atoms with Gasteiger partial charge in [0.05, 0.1) is 0 Å². The van der Waals surface area contributed by atoms with Crippen LogP contribution in [0.3, 0.4) is 0 Å². The molecule has 0 bridgehead atoms. The lowest BCUT2D eigenvalue weighted by Crippen LogP contribution is -2.54. The summed E-state index contributed by atoms with van der Waals surface area (Å²) in [5.74, 6) is -1.27. The zero-order valence-corrected chi connectivity index (χ0v) is 15.9. The number of benzene rings is 1. The minimum atomic E-state index is -0.981. The van der Waals surface area contributed by atoms with Gasteiger partial charge in [0.2, 0.25) is 18.2 Å². The summed E-state index contributed by atoms with van der Waals surface area (Å²) in [5.41, 5.74) is 1.94. The van der Waals surface area contributed by atoms with Gasteiger partial charge in [-0.3, -0.25) is 29.4 Å². The molecule has 0 spiro atoms. The fourth-order valence-corrected chi connectivity index (χ4v) is 3.76. The Morgan fingerprint density at radius 1 is 1.29 bits per heavy atom. The van der Waals surface area contributed by atoms with Gasteiger partial charge in [-0.05, 0) is 49.8 Å². The van der Waals surface area contributed by atoms with Crippen molar-refractivity contribution in [3.8, 4) is 0 Å². The minimum absolute atomic E-state index is 0.0901. The molecule has 0 saturated carbocycles. The minimum Gasteiger partial charge on any atom is -0.396 e. The Morgan fingerprint density at radius 2 is 2.00 bits per heavy atom. The normalized spacial score (nSPS) is 20.6. The van der Waals surface area contributed by atoms with Crippen LogP contribution in [0.15, 0.2) is 18.2 Å². The first-order valence-electron chi connectivity index (χ1n) is 9.52. The van der Waals surface area contributed by atoms with Crippen molar-refractivity contribution in [2.24, 2.45) is 5.92 Å². The smallest absolute Gasteiger partial charge is 0.261 e. The molecule has 8 nitrogen and oxygen atoms in total. The van der Waals surface area contributed by atoms with E-state index in [1.165, 1.54) is 0 Å². The number of aliphatic hydroxyl groups is 1. The van der Waals surface area contributed by atoms with Crippen LogP contribution in [0.5, 0.6) is 0 Å². The van der Waals surface area contributed by atoms with Crippen molar-refractivity contribution in [3.63, 3.8) is 0 Å². The lowest BCUT2D eigenvalue weighted by molar-refractivity contribution is -0.139. The predicted octanol–water partition coefficient (Wildman–Crippen LogP) is 0.608. The largest absolute Gasteiger partial charge is 0.396 e. The first-order chi connectivity index (χ1) is 13.4. The van der Waals surface area contributed by atoms with Crippen molar-refractivity contribution in [2.45, 2.75) is 38.6 Å². The van der Waals surface area contributed by atoms with Crippen LogP contribution in [0, 0.1) is 12.8 Å². The molecule has 3 rings (SSSR count). The van der Waals surface area contributed by atoms with Crippen LogP contribution in [0.25, 0.3) is 0 Å². The number of hydrogen-bond donors (Lipinski definition) is 2. The number of nitrogens with one attached hydrogen (secondary N) is 1. The van der Waals surface area contributed by atoms with Crippen molar-refractivity contribution in [3.05, 3.63) is 29.3 Å². The van der Waals surface area contributed by atoms with Crippen molar-refractivity contribution < 1.29 is 24.3 Å². The second kappa shape index (κ2) is 8.52. The lowest BCUT2D eigenvalue weighted by Gasteiger charge is -2.33. The van der Waals surface area contributed by atoms with E-state index in [0.29, 0.717) is 23.5 Å². The van der Waals surface area contributed by atoms with Crippen LogP contribution >= 0.6 is 0 Å². The number of nitrogens with zero attached hydrogens (tertiary/aromatic N) is 2. The molecule has 2 aliphatic rings. The maximum absolute atomic E-state index is 13.0. The van der Waals surface area contributed by atoms with Gasteiger partial charge in [0.1, 0.15) is 6.04 Å². The van der Waals surface area contributed by atoms with Gasteiger partial charge in [-0.25, -0.2) is 0 Å². The van der Waals surface area contributed by atoms with Crippen LogP contribution in [-0.2, 0) is 14.4 Å². The summed E-state index contributed by atoms with van der Waals surface area (Å²) >= 11 is 0. The Hall–Kier alpha value is -2.74. The summed E-state index contributed by atoms with van der Waals surface area (Å²) in [4.78, 5) is 51.1. The van der Waals surface area contributed by atoms with E-state index < -0.39 is 23.8 Å². The summed E-state index contributed by atoms with van der Waals surface area (Å²) in [6.07, 6.45) is 2.34. The van der Waals surface area contributed by atoms with E-state index in [2.05, 4.69) is 10.2 Å². The molecule has 1 aromatic rings. The monoisotopic (exact) mass is 387 g/mol. The number of carbonyl (C=O) groups excluding carboxylic acids is 4. The van der Waals surface area contributed by atoms with Crippen molar-refractivity contribution in [1.82, 2.24) is 10.2 Å². The first-order valence-corrected chi connectivity index (χ1v) is 9.52. The first kappa shape index (κ1) is 20.0. The highest BCUT2D eigenvalue weighted by Gasteiger charge is 2.35. The van der Waals surface area contributed by atoms with E-state index in [0.717, 1.165) is 36.5 Å². The van der Waals surface area contributed by atoms with Gasteiger partial charge in [0, 0.05) is 37.4 Å². The number of amides is 4. The fourth-order valence-electron chi connectivity index (χ4n) is 3.76. The number of aliphatic hydroxyl groups excluding tert-OH is 1. The highest BCUT2D eigenvalue weighted by atomic mass is 16.3. The number of hydrogen-bond acceptors (Lipinski definition) is 6. The Bertz CT molecular complexity index is 786. The Labute approximate surface area is 163 Å². The molecule has 4 amide bonds. The van der Waals surface area contributed by atoms with Crippen molar-refractivity contribution >= 4 is 29.8 Å². The number of rotatable bonds is 5. The lowest BCUT2D eigenvalue weighted by atomic mass is 9.96. The van der Waals surface area contributed by atoms with Crippen molar-refractivity contribution in [2.75, 3.05) is 24.6 Å². The molecule has 2 saturated heterocycles. The van der Waals surface area contributed by atoms with Crippen LogP contribution < -0.4 is 10.2 Å². The molecule has 0 radical (unpaired) electrons.